The Balaban J connectivity index is 2.80. The minimum absolute atomic E-state index is 0.389. The predicted molar refractivity (Wildman–Crippen MR) is 88.8 cm³/mol. The van der Waals surface area contributed by atoms with Gasteiger partial charge in [-0.15, -0.1) is 12.2 Å². The van der Waals surface area contributed by atoms with Crippen molar-refractivity contribution in [3.63, 3.8) is 0 Å². The first-order valence-corrected chi connectivity index (χ1v) is 10.3. The fraction of sp³-hybridized carbons (Fsp3) is 0.143. The molecule has 2 rings (SSSR count). The van der Waals surface area contributed by atoms with Gasteiger partial charge in [0.2, 0.25) is 0 Å². The van der Waals surface area contributed by atoms with Crippen molar-refractivity contribution in [1.82, 2.24) is 0 Å². The predicted octanol–water partition coefficient (Wildman–Crippen LogP) is 4.41. The Morgan fingerprint density at radius 2 is 1.08 bits per heavy atom. The summed E-state index contributed by atoms with van der Waals surface area (Å²) >= 11 is 9.09. The fourth-order valence-corrected chi connectivity index (χ4v) is 6.01. The molecule has 25 heavy (non-hydrogen) atoms. The lowest BCUT2D eigenvalue weighted by atomic mass is 10.2. The SMILES string of the molecule is Oc1ccc(P(=S)(S)c2ccc(O)cc2C(F)(F)F)c(C(F)(F)F)c1. The molecular weight excluding hydrogens is 409 g/mol. The largest absolute Gasteiger partial charge is 0.508 e. The Bertz CT molecular complexity index is 796. The van der Waals surface area contributed by atoms with Crippen molar-refractivity contribution in [3.8, 4) is 11.5 Å². The van der Waals surface area contributed by atoms with E-state index in [4.69, 9.17) is 11.8 Å². The van der Waals surface area contributed by atoms with Crippen LogP contribution in [0, 0.1) is 0 Å². The number of phenolic OH excluding ortho intramolecular Hbond substituents is 2. The lowest BCUT2D eigenvalue weighted by Crippen LogP contribution is -2.26. The summed E-state index contributed by atoms with van der Waals surface area (Å²) in [5.74, 6) is -1.41. The maximum Gasteiger partial charge on any atom is 0.417 e. The average Bonchev–Trinajstić information content (AvgIpc) is 2.44. The van der Waals surface area contributed by atoms with Crippen LogP contribution in [0.1, 0.15) is 11.1 Å². The number of hydrogen-bond donors (Lipinski definition) is 3. The van der Waals surface area contributed by atoms with Crippen molar-refractivity contribution in [3.05, 3.63) is 47.5 Å². The van der Waals surface area contributed by atoms with Crippen LogP contribution >= 0.6 is 17.5 Å². The normalized spacial score (nSPS) is 13.1. The van der Waals surface area contributed by atoms with E-state index in [1.165, 1.54) is 0 Å². The van der Waals surface area contributed by atoms with Gasteiger partial charge in [0.05, 0.1) is 16.4 Å². The number of phenols is 2. The molecule has 0 heterocycles. The van der Waals surface area contributed by atoms with Crippen LogP contribution in [0.5, 0.6) is 11.5 Å². The topological polar surface area (TPSA) is 40.5 Å². The zero-order valence-electron chi connectivity index (χ0n) is 11.9. The van der Waals surface area contributed by atoms with E-state index in [1.807, 2.05) is 0 Å². The molecule has 0 fully saturated rings. The number of thiol groups is 1. The monoisotopic (exact) mass is 418 g/mol. The molecule has 0 radical (unpaired) electrons. The Morgan fingerprint density at radius 3 is 1.36 bits per heavy atom. The summed E-state index contributed by atoms with van der Waals surface area (Å²) in [4.78, 5) is 0. The van der Waals surface area contributed by atoms with E-state index in [1.54, 1.807) is 0 Å². The van der Waals surface area contributed by atoms with Gasteiger partial charge in [0.25, 0.3) is 0 Å². The van der Waals surface area contributed by atoms with Crippen LogP contribution in [0.25, 0.3) is 0 Å². The second-order valence-corrected chi connectivity index (χ2v) is 11.3. The molecule has 0 bridgehead atoms. The Labute approximate surface area is 148 Å². The van der Waals surface area contributed by atoms with E-state index in [0.29, 0.717) is 12.1 Å². The van der Waals surface area contributed by atoms with Gasteiger partial charge in [0, 0.05) is 10.6 Å². The van der Waals surface area contributed by atoms with E-state index in [9.17, 15) is 36.6 Å². The standard InChI is InChI=1S/C14H9F6O2PS2/c15-13(16,17)9-5-7(21)1-3-11(9)23(24,25)12-4-2-8(22)6-10(12)14(18,19)20/h1-6,21-22H,(H,24,25). The Morgan fingerprint density at radius 1 is 0.760 bits per heavy atom. The maximum atomic E-state index is 13.2. The molecule has 2 aromatic carbocycles. The van der Waals surface area contributed by atoms with E-state index in [-0.39, 0.29) is 0 Å². The van der Waals surface area contributed by atoms with Crippen LogP contribution in [0.3, 0.4) is 0 Å². The van der Waals surface area contributed by atoms with Crippen LogP contribution in [0.4, 0.5) is 26.3 Å². The molecule has 0 saturated heterocycles. The van der Waals surface area contributed by atoms with Crippen LogP contribution in [0.2, 0.25) is 0 Å². The number of rotatable bonds is 2. The van der Waals surface area contributed by atoms with Gasteiger partial charge in [-0.05, 0) is 36.4 Å². The van der Waals surface area contributed by atoms with Gasteiger partial charge in [-0.1, -0.05) is 11.8 Å². The molecule has 0 spiro atoms. The quantitative estimate of drug-likeness (QED) is 0.385. The number of benzene rings is 2. The first-order chi connectivity index (χ1) is 11.2. The molecule has 2 N–H and O–H groups in total. The number of aromatic hydroxyl groups is 2. The van der Waals surface area contributed by atoms with Gasteiger partial charge >= 0.3 is 12.4 Å². The fourth-order valence-electron chi connectivity index (χ4n) is 2.16. The summed E-state index contributed by atoms with van der Waals surface area (Å²) in [6.07, 6.45) is -9.90. The third-order valence-electron chi connectivity index (χ3n) is 3.22. The van der Waals surface area contributed by atoms with E-state index in [2.05, 4.69) is 12.2 Å². The Hall–Kier alpha value is -1.38. The van der Waals surface area contributed by atoms with Crippen molar-refractivity contribution in [2.75, 3.05) is 0 Å². The maximum absolute atomic E-state index is 13.2. The second-order valence-electron chi connectivity index (χ2n) is 4.97. The van der Waals surface area contributed by atoms with Gasteiger partial charge in [-0.3, -0.25) is 0 Å². The van der Waals surface area contributed by atoms with Crippen LogP contribution in [0.15, 0.2) is 36.4 Å². The summed E-state index contributed by atoms with van der Waals surface area (Å²) in [5.41, 5.74) is -2.71. The van der Waals surface area contributed by atoms with Crippen LogP contribution in [-0.4, -0.2) is 10.2 Å². The molecule has 0 aliphatic heterocycles. The first kappa shape index (κ1) is 19.9. The van der Waals surface area contributed by atoms with Gasteiger partial charge < -0.3 is 10.2 Å². The minimum atomic E-state index is -4.95. The molecular formula is C14H9F6O2PS2. The molecule has 11 heteroatoms. The third kappa shape index (κ3) is 4.07. The van der Waals surface area contributed by atoms with Gasteiger partial charge in [-0.2, -0.15) is 26.3 Å². The summed E-state index contributed by atoms with van der Waals surface area (Å²) in [6.45, 7) is 0. The summed E-state index contributed by atoms with van der Waals surface area (Å²) in [5, 5.41) is 13.5. The smallest absolute Gasteiger partial charge is 0.417 e. The van der Waals surface area contributed by atoms with Crippen molar-refractivity contribution in [2.45, 2.75) is 12.4 Å². The van der Waals surface area contributed by atoms with Crippen LogP contribution < -0.4 is 10.6 Å². The van der Waals surface area contributed by atoms with Gasteiger partial charge in [0.1, 0.15) is 11.5 Å². The molecule has 0 atom stereocenters. The summed E-state index contributed by atoms with van der Waals surface area (Å²) < 4.78 is 79.4. The molecule has 136 valence electrons. The average molecular weight is 418 g/mol. The lowest BCUT2D eigenvalue weighted by molar-refractivity contribution is -0.137. The molecule has 2 nitrogen and oxygen atoms in total. The van der Waals surface area contributed by atoms with Crippen molar-refractivity contribution in [2.24, 2.45) is 0 Å². The molecule has 2 aromatic rings. The highest BCUT2D eigenvalue weighted by molar-refractivity contribution is 8.68. The number of halogens is 6. The first-order valence-electron chi connectivity index (χ1n) is 6.39. The number of alkyl halides is 6. The van der Waals surface area contributed by atoms with Crippen molar-refractivity contribution in [1.29, 1.82) is 0 Å². The zero-order chi connectivity index (χ0) is 19.2. The summed E-state index contributed by atoms with van der Waals surface area (Å²) in [7, 11) is 0. The highest BCUT2D eigenvalue weighted by Gasteiger charge is 2.41. The van der Waals surface area contributed by atoms with Gasteiger partial charge in [0.15, 0.2) is 0 Å². The second kappa shape index (κ2) is 6.41. The highest BCUT2D eigenvalue weighted by Crippen LogP contribution is 2.54. The van der Waals surface area contributed by atoms with E-state index < -0.39 is 50.8 Å². The molecule has 0 saturated carbocycles. The number of hydrogen-bond acceptors (Lipinski definition) is 3. The van der Waals surface area contributed by atoms with Gasteiger partial charge in [-0.25, -0.2) is 0 Å². The third-order valence-corrected chi connectivity index (χ3v) is 7.78. The molecule has 0 amide bonds. The zero-order valence-corrected chi connectivity index (χ0v) is 14.5. The molecule has 0 aromatic heterocycles. The molecule has 0 unspecified atom stereocenters. The highest BCUT2D eigenvalue weighted by atomic mass is 32.9. The van der Waals surface area contributed by atoms with Crippen molar-refractivity contribution < 1.29 is 36.6 Å². The Kier molecular flexibility index (Phi) is 5.11. The molecule has 0 aliphatic carbocycles. The van der Waals surface area contributed by atoms with Crippen LogP contribution in [-0.2, 0) is 24.2 Å². The van der Waals surface area contributed by atoms with E-state index in [0.717, 1.165) is 24.3 Å². The lowest BCUT2D eigenvalue weighted by Gasteiger charge is -2.25. The van der Waals surface area contributed by atoms with Crippen molar-refractivity contribution >= 4 is 39.9 Å². The minimum Gasteiger partial charge on any atom is -0.508 e. The van der Waals surface area contributed by atoms with E-state index >= 15 is 0 Å². The summed E-state index contributed by atoms with van der Waals surface area (Å²) in [6, 6.07) is 4.21. The molecule has 0 aliphatic rings.